The van der Waals surface area contributed by atoms with E-state index in [1.807, 2.05) is 0 Å². The zero-order chi connectivity index (χ0) is 12.7. The first-order chi connectivity index (χ1) is 7.88. The average Bonchev–Trinajstić information content (AvgIpc) is 2.71. The van der Waals surface area contributed by atoms with Crippen LogP contribution < -0.4 is 0 Å². The molecule has 2 nitrogen and oxygen atoms in total. The van der Waals surface area contributed by atoms with Gasteiger partial charge in [0.2, 0.25) is 0 Å². The maximum Gasteiger partial charge on any atom is 0.448 e. The van der Waals surface area contributed by atoms with Crippen LogP contribution in [0.5, 0.6) is 0 Å². The Morgan fingerprint density at radius 2 is 1.71 bits per heavy atom. The lowest BCUT2D eigenvalue weighted by atomic mass is 9.96. The molecule has 17 heavy (non-hydrogen) atoms. The van der Waals surface area contributed by atoms with E-state index >= 15 is 0 Å². The number of rotatable bonds is 1. The predicted octanol–water partition coefficient (Wildman–Crippen LogP) is 3.07. The van der Waals surface area contributed by atoms with Crippen molar-refractivity contribution in [1.29, 1.82) is 0 Å². The molecule has 1 aromatic rings. The van der Waals surface area contributed by atoms with E-state index in [2.05, 4.69) is 0 Å². The molecule has 1 aliphatic rings. The van der Waals surface area contributed by atoms with Gasteiger partial charge >= 0.3 is 6.18 Å². The first-order valence-corrected chi connectivity index (χ1v) is 5.30. The van der Waals surface area contributed by atoms with Gasteiger partial charge in [-0.25, -0.2) is 0 Å². The van der Waals surface area contributed by atoms with E-state index in [1.165, 1.54) is 6.07 Å². The number of aryl methyl sites for hydroxylation is 1. The van der Waals surface area contributed by atoms with Crippen molar-refractivity contribution in [2.45, 2.75) is 25.8 Å². The van der Waals surface area contributed by atoms with Crippen molar-refractivity contribution in [3.05, 3.63) is 34.9 Å². The molecular weight excluding hydrogens is 233 g/mol. The number of alkyl halides is 3. The minimum Gasteiger partial charge on any atom is -0.336 e. The maximum atomic E-state index is 13.2. The average molecular weight is 246 g/mol. The Labute approximate surface area is 97.3 Å². The van der Waals surface area contributed by atoms with Gasteiger partial charge in [-0.3, -0.25) is 0 Å². The fraction of sp³-hybridized carbons (Fsp3) is 0.500. The quantitative estimate of drug-likeness (QED) is 0.758. The standard InChI is InChI=1S/C12H13F3O2/c1-8-4-3-5-10(9(8)2)11(12(13,14)15)16-6-7-17-11/h3-5H,6-7H2,1-2H3. The monoisotopic (exact) mass is 246 g/mol. The molecule has 1 aliphatic heterocycles. The molecule has 1 aromatic carbocycles. The van der Waals surface area contributed by atoms with Gasteiger partial charge in [0.1, 0.15) is 0 Å². The van der Waals surface area contributed by atoms with E-state index in [0.717, 1.165) is 5.56 Å². The summed E-state index contributed by atoms with van der Waals surface area (Å²) in [6.07, 6.45) is -4.58. The molecule has 0 radical (unpaired) electrons. The lowest BCUT2D eigenvalue weighted by molar-refractivity contribution is -0.353. The van der Waals surface area contributed by atoms with Crippen LogP contribution in [-0.2, 0) is 15.3 Å². The van der Waals surface area contributed by atoms with Crippen molar-refractivity contribution >= 4 is 0 Å². The lowest BCUT2D eigenvalue weighted by Gasteiger charge is -2.31. The molecule has 0 N–H and O–H groups in total. The Bertz CT molecular complexity index is 420. The summed E-state index contributed by atoms with van der Waals surface area (Å²) in [4.78, 5) is 0. The van der Waals surface area contributed by atoms with Gasteiger partial charge in [0.25, 0.3) is 5.79 Å². The lowest BCUT2D eigenvalue weighted by Crippen LogP contribution is -2.44. The van der Waals surface area contributed by atoms with Crippen LogP contribution in [0.1, 0.15) is 16.7 Å². The highest BCUT2D eigenvalue weighted by Crippen LogP contribution is 2.46. The van der Waals surface area contributed by atoms with Crippen LogP contribution in [0.25, 0.3) is 0 Å². The first-order valence-electron chi connectivity index (χ1n) is 5.30. The number of hydrogen-bond acceptors (Lipinski definition) is 2. The van der Waals surface area contributed by atoms with Gasteiger partial charge in [-0.2, -0.15) is 13.2 Å². The maximum absolute atomic E-state index is 13.2. The molecule has 0 bridgehead atoms. The summed E-state index contributed by atoms with van der Waals surface area (Å²) in [5, 5.41) is 0. The van der Waals surface area contributed by atoms with Gasteiger partial charge in [0.05, 0.1) is 13.2 Å². The zero-order valence-corrected chi connectivity index (χ0v) is 9.60. The Morgan fingerprint density at radius 1 is 1.12 bits per heavy atom. The van der Waals surface area contributed by atoms with Crippen molar-refractivity contribution in [1.82, 2.24) is 0 Å². The summed E-state index contributed by atoms with van der Waals surface area (Å²) in [5.41, 5.74) is 1.37. The molecule has 0 atom stereocenters. The second-order valence-corrected chi connectivity index (χ2v) is 4.06. The second-order valence-electron chi connectivity index (χ2n) is 4.06. The summed E-state index contributed by atoms with van der Waals surface area (Å²) >= 11 is 0. The fourth-order valence-corrected chi connectivity index (χ4v) is 1.99. The van der Waals surface area contributed by atoms with Gasteiger partial charge in [-0.05, 0) is 25.0 Å². The topological polar surface area (TPSA) is 18.5 Å². The molecule has 2 rings (SSSR count). The molecule has 1 saturated heterocycles. The van der Waals surface area contributed by atoms with Crippen molar-refractivity contribution in [3.63, 3.8) is 0 Å². The highest BCUT2D eigenvalue weighted by Gasteiger charge is 2.61. The first kappa shape index (κ1) is 12.4. The Morgan fingerprint density at radius 3 is 2.24 bits per heavy atom. The van der Waals surface area contributed by atoms with Gasteiger partial charge in [-0.1, -0.05) is 18.2 Å². The zero-order valence-electron chi connectivity index (χ0n) is 9.60. The smallest absolute Gasteiger partial charge is 0.336 e. The van der Waals surface area contributed by atoms with Crippen molar-refractivity contribution in [3.8, 4) is 0 Å². The number of halogens is 3. The van der Waals surface area contributed by atoms with E-state index in [-0.39, 0.29) is 18.8 Å². The molecule has 1 heterocycles. The summed E-state index contributed by atoms with van der Waals surface area (Å²) in [6, 6.07) is 4.75. The highest BCUT2D eigenvalue weighted by molar-refractivity contribution is 5.37. The molecule has 0 unspecified atom stereocenters. The van der Waals surface area contributed by atoms with E-state index in [9.17, 15) is 13.2 Å². The molecule has 0 amide bonds. The Balaban J connectivity index is 2.58. The normalized spacial score (nSPS) is 19.6. The van der Waals surface area contributed by atoms with Crippen LogP contribution in [0.4, 0.5) is 13.2 Å². The van der Waals surface area contributed by atoms with Crippen LogP contribution in [0.15, 0.2) is 18.2 Å². The van der Waals surface area contributed by atoms with Gasteiger partial charge < -0.3 is 9.47 Å². The molecule has 1 fully saturated rings. The Kier molecular flexibility index (Phi) is 2.91. The van der Waals surface area contributed by atoms with Crippen LogP contribution in [-0.4, -0.2) is 19.4 Å². The molecule has 94 valence electrons. The van der Waals surface area contributed by atoms with Crippen LogP contribution in [0.2, 0.25) is 0 Å². The molecule has 0 aromatic heterocycles. The minimum absolute atomic E-state index is 0.0440. The van der Waals surface area contributed by atoms with E-state index in [4.69, 9.17) is 9.47 Å². The van der Waals surface area contributed by atoms with Crippen LogP contribution in [0, 0.1) is 13.8 Å². The van der Waals surface area contributed by atoms with Gasteiger partial charge in [0.15, 0.2) is 0 Å². The molecule has 0 spiro atoms. The number of benzene rings is 1. The summed E-state index contributed by atoms with van der Waals surface area (Å²) in [5.74, 6) is -2.59. The van der Waals surface area contributed by atoms with Crippen molar-refractivity contribution in [2.24, 2.45) is 0 Å². The largest absolute Gasteiger partial charge is 0.448 e. The third-order valence-corrected chi connectivity index (χ3v) is 3.03. The van der Waals surface area contributed by atoms with Crippen LogP contribution in [0.3, 0.4) is 0 Å². The van der Waals surface area contributed by atoms with Gasteiger partial charge in [0, 0.05) is 5.56 Å². The third kappa shape index (κ3) is 1.83. The minimum atomic E-state index is -4.58. The molecule has 0 aliphatic carbocycles. The predicted molar refractivity (Wildman–Crippen MR) is 55.6 cm³/mol. The second kappa shape index (κ2) is 3.99. The molecule has 5 heteroatoms. The highest BCUT2D eigenvalue weighted by atomic mass is 19.4. The van der Waals surface area contributed by atoms with Gasteiger partial charge in [-0.15, -0.1) is 0 Å². The van der Waals surface area contributed by atoms with Crippen LogP contribution >= 0.6 is 0 Å². The molecule has 0 saturated carbocycles. The van der Waals surface area contributed by atoms with Crippen molar-refractivity contribution < 1.29 is 22.6 Å². The Hall–Kier alpha value is -1.07. The number of ether oxygens (including phenoxy) is 2. The third-order valence-electron chi connectivity index (χ3n) is 3.03. The molecular formula is C12H13F3O2. The van der Waals surface area contributed by atoms with Crippen molar-refractivity contribution in [2.75, 3.05) is 13.2 Å². The fourth-order valence-electron chi connectivity index (χ4n) is 1.99. The number of hydrogen-bond donors (Lipinski definition) is 0. The SMILES string of the molecule is Cc1cccc(C2(C(F)(F)F)OCCO2)c1C. The van der Waals surface area contributed by atoms with E-state index < -0.39 is 12.0 Å². The summed E-state index contributed by atoms with van der Waals surface area (Å²) < 4.78 is 49.2. The summed E-state index contributed by atoms with van der Waals surface area (Å²) in [7, 11) is 0. The summed E-state index contributed by atoms with van der Waals surface area (Å²) in [6.45, 7) is 3.31. The van der Waals surface area contributed by atoms with E-state index in [1.54, 1.807) is 26.0 Å². The van der Waals surface area contributed by atoms with E-state index in [0.29, 0.717) is 5.56 Å².